The van der Waals surface area contributed by atoms with Crippen LogP contribution in [0, 0.1) is 6.92 Å². The van der Waals surface area contributed by atoms with Crippen LogP contribution in [0.25, 0.3) is 11.0 Å². The second kappa shape index (κ2) is 5.96. The standard InChI is InChI=1S/C16H16ClN5O/c1-9(2)22-15-11(7-19-22)6-13(10(3)20-15)16(23)21-14-5-4-12(17)8-18-14/h4-9H,1-3H3,(H,18,21,23). The molecule has 0 aliphatic rings. The van der Waals surface area contributed by atoms with Crippen molar-refractivity contribution in [3.63, 3.8) is 0 Å². The average molecular weight is 330 g/mol. The van der Waals surface area contributed by atoms with Gasteiger partial charge in [0.1, 0.15) is 5.82 Å². The number of hydrogen-bond acceptors (Lipinski definition) is 4. The minimum atomic E-state index is -0.260. The lowest BCUT2D eigenvalue weighted by molar-refractivity contribution is 0.102. The molecule has 3 aromatic rings. The highest BCUT2D eigenvalue weighted by molar-refractivity contribution is 6.30. The third-order valence-electron chi connectivity index (χ3n) is 3.46. The van der Waals surface area contributed by atoms with Crippen molar-refractivity contribution in [1.29, 1.82) is 0 Å². The van der Waals surface area contributed by atoms with Gasteiger partial charge in [-0.15, -0.1) is 0 Å². The van der Waals surface area contributed by atoms with Gasteiger partial charge in [0.2, 0.25) is 0 Å². The highest BCUT2D eigenvalue weighted by Gasteiger charge is 2.15. The zero-order chi connectivity index (χ0) is 16.6. The first-order valence-electron chi connectivity index (χ1n) is 7.23. The van der Waals surface area contributed by atoms with Crippen molar-refractivity contribution in [1.82, 2.24) is 19.7 Å². The molecule has 6 nitrogen and oxygen atoms in total. The van der Waals surface area contributed by atoms with Crippen LogP contribution in [0.3, 0.4) is 0 Å². The summed E-state index contributed by atoms with van der Waals surface area (Å²) in [6.07, 6.45) is 3.21. The Balaban J connectivity index is 1.94. The quantitative estimate of drug-likeness (QED) is 0.796. The molecule has 7 heteroatoms. The number of aryl methyl sites for hydroxylation is 1. The van der Waals surface area contributed by atoms with Gasteiger partial charge in [0, 0.05) is 17.6 Å². The van der Waals surface area contributed by atoms with Gasteiger partial charge in [-0.2, -0.15) is 5.10 Å². The SMILES string of the molecule is Cc1nc2c(cnn2C(C)C)cc1C(=O)Nc1ccc(Cl)cn1. The summed E-state index contributed by atoms with van der Waals surface area (Å²) in [6.45, 7) is 5.88. The Hall–Kier alpha value is -2.47. The third-order valence-corrected chi connectivity index (χ3v) is 3.69. The fourth-order valence-electron chi connectivity index (χ4n) is 2.31. The van der Waals surface area contributed by atoms with E-state index in [1.165, 1.54) is 6.20 Å². The minimum Gasteiger partial charge on any atom is -0.307 e. The zero-order valence-electron chi connectivity index (χ0n) is 13.0. The predicted molar refractivity (Wildman–Crippen MR) is 89.9 cm³/mol. The van der Waals surface area contributed by atoms with Crippen LogP contribution in [-0.4, -0.2) is 25.7 Å². The first-order chi connectivity index (χ1) is 11.0. The van der Waals surface area contributed by atoms with E-state index < -0.39 is 0 Å². The van der Waals surface area contributed by atoms with Gasteiger partial charge in [-0.1, -0.05) is 11.6 Å². The van der Waals surface area contributed by atoms with Crippen LogP contribution in [-0.2, 0) is 0 Å². The number of hydrogen-bond donors (Lipinski definition) is 1. The van der Waals surface area contributed by atoms with Crippen LogP contribution in [0.15, 0.2) is 30.6 Å². The Morgan fingerprint density at radius 1 is 1.30 bits per heavy atom. The molecule has 0 aliphatic carbocycles. The number of fused-ring (bicyclic) bond motifs is 1. The van der Waals surface area contributed by atoms with E-state index in [4.69, 9.17) is 11.6 Å². The van der Waals surface area contributed by atoms with E-state index >= 15 is 0 Å². The summed E-state index contributed by atoms with van der Waals surface area (Å²) < 4.78 is 1.84. The molecule has 0 aliphatic heterocycles. The molecule has 3 rings (SSSR count). The van der Waals surface area contributed by atoms with Gasteiger partial charge in [-0.25, -0.2) is 14.6 Å². The molecule has 0 unspecified atom stereocenters. The number of pyridine rings is 2. The minimum absolute atomic E-state index is 0.206. The topological polar surface area (TPSA) is 72.7 Å². The fraction of sp³-hybridized carbons (Fsp3) is 0.250. The Kier molecular flexibility index (Phi) is 4.00. The Morgan fingerprint density at radius 2 is 2.09 bits per heavy atom. The summed E-state index contributed by atoms with van der Waals surface area (Å²) >= 11 is 5.79. The van der Waals surface area contributed by atoms with Gasteiger partial charge < -0.3 is 5.32 Å². The summed E-state index contributed by atoms with van der Waals surface area (Å²) in [6, 6.07) is 5.33. The van der Waals surface area contributed by atoms with Crippen molar-refractivity contribution < 1.29 is 4.79 Å². The smallest absolute Gasteiger partial charge is 0.258 e. The highest BCUT2D eigenvalue weighted by atomic mass is 35.5. The maximum Gasteiger partial charge on any atom is 0.258 e. The van der Waals surface area contributed by atoms with Gasteiger partial charge in [-0.3, -0.25) is 4.79 Å². The number of amides is 1. The average Bonchev–Trinajstić information content (AvgIpc) is 2.91. The molecule has 3 heterocycles. The Morgan fingerprint density at radius 3 is 2.74 bits per heavy atom. The Labute approximate surface area is 138 Å². The molecule has 1 amide bonds. The fourth-order valence-corrected chi connectivity index (χ4v) is 2.42. The molecule has 0 bridgehead atoms. The van der Waals surface area contributed by atoms with E-state index in [0.29, 0.717) is 22.1 Å². The number of nitrogens with one attached hydrogen (secondary N) is 1. The van der Waals surface area contributed by atoms with Crippen molar-refractivity contribution in [3.8, 4) is 0 Å². The molecule has 0 spiro atoms. The van der Waals surface area contributed by atoms with E-state index in [1.54, 1.807) is 31.3 Å². The van der Waals surface area contributed by atoms with Gasteiger partial charge in [0.05, 0.1) is 22.5 Å². The third kappa shape index (κ3) is 3.03. The molecular formula is C16H16ClN5O. The molecule has 0 saturated carbocycles. The lowest BCUT2D eigenvalue weighted by Gasteiger charge is -2.09. The first kappa shape index (κ1) is 15.4. The molecule has 23 heavy (non-hydrogen) atoms. The summed E-state index contributed by atoms with van der Waals surface area (Å²) in [5.41, 5.74) is 1.92. The predicted octanol–water partition coefficient (Wildman–Crippen LogP) is 3.62. The van der Waals surface area contributed by atoms with Crippen molar-refractivity contribution in [2.24, 2.45) is 0 Å². The number of rotatable bonds is 3. The summed E-state index contributed by atoms with van der Waals surface area (Å²) in [5, 5.41) is 8.42. The maximum atomic E-state index is 12.5. The number of halogens is 1. The molecule has 3 aromatic heterocycles. The van der Waals surface area contributed by atoms with Crippen LogP contribution in [0.1, 0.15) is 35.9 Å². The van der Waals surface area contributed by atoms with Crippen LogP contribution in [0.4, 0.5) is 5.82 Å². The monoisotopic (exact) mass is 329 g/mol. The second-order valence-corrected chi connectivity index (χ2v) is 5.97. The number of carbonyl (C=O) groups excluding carboxylic acids is 1. The number of nitrogens with zero attached hydrogens (tertiary/aromatic N) is 4. The van der Waals surface area contributed by atoms with E-state index in [0.717, 1.165) is 11.0 Å². The van der Waals surface area contributed by atoms with E-state index in [1.807, 2.05) is 18.5 Å². The molecule has 1 N–H and O–H groups in total. The molecule has 118 valence electrons. The molecule has 0 atom stereocenters. The Bertz CT molecular complexity index is 870. The molecule has 0 fully saturated rings. The van der Waals surface area contributed by atoms with Crippen molar-refractivity contribution in [2.45, 2.75) is 26.8 Å². The van der Waals surface area contributed by atoms with Gasteiger partial charge >= 0.3 is 0 Å². The van der Waals surface area contributed by atoms with Crippen molar-refractivity contribution >= 4 is 34.4 Å². The van der Waals surface area contributed by atoms with E-state index in [2.05, 4.69) is 20.4 Å². The number of aromatic nitrogens is 4. The summed E-state index contributed by atoms with van der Waals surface area (Å²) in [4.78, 5) is 21.0. The summed E-state index contributed by atoms with van der Waals surface area (Å²) in [7, 11) is 0. The van der Waals surface area contributed by atoms with Gasteiger partial charge in [0.25, 0.3) is 5.91 Å². The largest absolute Gasteiger partial charge is 0.307 e. The first-order valence-corrected chi connectivity index (χ1v) is 7.61. The molecule has 0 radical (unpaired) electrons. The van der Waals surface area contributed by atoms with Gasteiger partial charge in [0.15, 0.2) is 5.65 Å². The lowest BCUT2D eigenvalue weighted by Crippen LogP contribution is -2.15. The lowest BCUT2D eigenvalue weighted by atomic mass is 10.1. The number of carbonyl (C=O) groups is 1. The summed E-state index contributed by atoms with van der Waals surface area (Å²) in [5.74, 6) is 0.181. The zero-order valence-corrected chi connectivity index (χ0v) is 13.8. The normalized spacial score (nSPS) is 11.2. The van der Waals surface area contributed by atoms with Crippen LogP contribution >= 0.6 is 11.6 Å². The molecule has 0 aromatic carbocycles. The van der Waals surface area contributed by atoms with E-state index in [-0.39, 0.29) is 11.9 Å². The van der Waals surface area contributed by atoms with Crippen molar-refractivity contribution in [2.75, 3.05) is 5.32 Å². The highest BCUT2D eigenvalue weighted by Crippen LogP contribution is 2.20. The van der Waals surface area contributed by atoms with Crippen LogP contribution in [0.5, 0.6) is 0 Å². The molecular weight excluding hydrogens is 314 g/mol. The van der Waals surface area contributed by atoms with Crippen LogP contribution in [0.2, 0.25) is 5.02 Å². The van der Waals surface area contributed by atoms with E-state index in [9.17, 15) is 4.79 Å². The van der Waals surface area contributed by atoms with Crippen molar-refractivity contribution in [3.05, 3.63) is 46.9 Å². The van der Waals surface area contributed by atoms with Crippen LogP contribution < -0.4 is 5.32 Å². The maximum absolute atomic E-state index is 12.5. The second-order valence-electron chi connectivity index (χ2n) is 5.53. The molecule has 0 saturated heterocycles. The van der Waals surface area contributed by atoms with Gasteiger partial charge in [-0.05, 0) is 39.0 Å². The number of anilines is 1.